The summed E-state index contributed by atoms with van der Waals surface area (Å²) in [4.78, 5) is 25.4. The maximum atomic E-state index is 13.3. The zero-order valence-corrected chi connectivity index (χ0v) is 19.3. The van der Waals surface area contributed by atoms with Crippen molar-refractivity contribution in [3.63, 3.8) is 0 Å². The van der Waals surface area contributed by atoms with E-state index in [1.54, 1.807) is 0 Å². The number of hydrogen-bond acceptors (Lipinski definition) is 2. The highest BCUT2D eigenvalue weighted by atomic mass is 16.1. The molecule has 1 aliphatic carbocycles. The Balaban J connectivity index is 1.70. The third kappa shape index (κ3) is 3.37. The molecule has 1 amide bonds. The van der Waals surface area contributed by atoms with Crippen LogP contribution in [0.2, 0.25) is 0 Å². The van der Waals surface area contributed by atoms with Gasteiger partial charge in [0.25, 0.3) is 5.91 Å². The van der Waals surface area contributed by atoms with Crippen LogP contribution < -0.4 is 5.32 Å². The van der Waals surface area contributed by atoms with Gasteiger partial charge in [-0.25, -0.2) is 0 Å². The molecule has 1 atom stereocenters. The maximum Gasteiger partial charge on any atom is 0.251 e. The van der Waals surface area contributed by atoms with Crippen molar-refractivity contribution in [2.75, 3.05) is 6.54 Å². The molecule has 31 heavy (non-hydrogen) atoms. The first-order valence-electron chi connectivity index (χ1n) is 11.1. The van der Waals surface area contributed by atoms with E-state index in [9.17, 15) is 9.59 Å². The van der Waals surface area contributed by atoms with Crippen LogP contribution in [0.5, 0.6) is 0 Å². The van der Waals surface area contributed by atoms with Crippen molar-refractivity contribution in [1.29, 1.82) is 0 Å². The van der Waals surface area contributed by atoms with Crippen LogP contribution in [0.15, 0.2) is 54.6 Å². The lowest BCUT2D eigenvalue weighted by Crippen LogP contribution is -2.30. The number of fused-ring (bicyclic) bond motifs is 2. The Labute approximate surface area is 184 Å². The predicted molar refractivity (Wildman–Crippen MR) is 127 cm³/mol. The fourth-order valence-corrected chi connectivity index (χ4v) is 5.11. The molecule has 1 aliphatic rings. The number of carbonyl (C=O) groups is 2. The van der Waals surface area contributed by atoms with E-state index < -0.39 is 0 Å². The van der Waals surface area contributed by atoms with Crippen molar-refractivity contribution in [1.82, 2.24) is 5.32 Å². The van der Waals surface area contributed by atoms with Crippen LogP contribution in [0.3, 0.4) is 0 Å². The Bertz CT molecular complexity index is 1200. The van der Waals surface area contributed by atoms with E-state index in [1.807, 2.05) is 49.4 Å². The average molecular weight is 414 g/mol. The molecule has 0 bridgehead atoms. The molecule has 0 saturated heterocycles. The minimum absolute atomic E-state index is 0.0218. The number of carbonyl (C=O) groups excluding carboxylic acids is 2. The highest BCUT2D eigenvalue weighted by Gasteiger charge is 2.48. The van der Waals surface area contributed by atoms with E-state index in [1.165, 1.54) is 11.1 Å². The molecule has 1 N–H and O–H groups in total. The van der Waals surface area contributed by atoms with Gasteiger partial charge in [-0.05, 0) is 69.8 Å². The zero-order chi connectivity index (χ0) is 22.6. The Hall–Kier alpha value is -2.94. The monoisotopic (exact) mass is 413 g/mol. The van der Waals surface area contributed by atoms with E-state index in [0.717, 1.165) is 16.3 Å². The maximum absolute atomic E-state index is 13.3. The molecule has 3 nitrogen and oxygen atoms in total. The molecule has 0 fully saturated rings. The van der Waals surface area contributed by atoms with Gasteiger partial charge in [-0.1, -0.05) is 65.0 Å². The van der Waals surface area contributed by atoms with Crippen molar-refractivity contribution in [3.05, 3.63) is 82.4 Å². The van der Waals surface area contributed by atoms with E-state index in [4.69, 9.17) is 0 Å². The minimum atomic E-state index is -0.0811. The molecule has 0 heterocycles. The van der Waals surface area contributed by atoms with Crippen LogP contribution >= 0.6 is 0 Å². The lowest BCUT2D eigenvalue weighted by Gasteiger charge is -2.32. The first kappa shape index (κ1) is 21.3. The fourth-order valence-electron chi connectivity index (χ4n) is 5.11. The number of nitrogens with one attached hydrogen (secondary N) is 1. The van der Waals surface area contributed by atoms with Crippen LogP contribution in [0, 0.1) is 5.92 Å². The SMILES string of the molecule is CCNC(=O)c1ccc2cc(C(=O)c3ccc4c(c3)C(C)(C)C(C)C4(C)C)ccc2c1. The van der Waals surface area contributed by atoms with E-state index in [-0.39, 0.29) is 22.5 Å². The minimum Gasteiger partial charge on any atom is -0.352 e. The number of amides is 1. The number of rotatable bonds is 4. The third-order valence-electron chi connectivity index (χ3n) is 7.54. The van der Waals surface area contributed by atoms with Crippen LogP contribution in [0.1, 0.15) is 78.9 Å². The molecule has 0 radical (unpaired) electrons. The van der Waals surface area contributed by atoms with Gasteiger partial charge in [0.2, 0.25) is 0 Å². The summed E-state index contributed by atoms with van der Waals surface area (Å²) in [5.74, 6) is 0.438. The average Bonchev–Trinajstić information content (AvgIpc) is 2.89. The zero-order valence-electron chi connectivity index (χ0n) is 19.3. The van der Waals surface area contributed by atoms with Gasteiger partial charge in [0.1, 0.15) is 0 Å². The van der Waals surface area contributed by atoms with Crippen molar-refractivity contribution in [3.8, 4) is 0 Å². The summed E-state index contributed by atoms with van der Waals surface area (Å²) in [7, 11) is 0. The molecule has 1 unspecified atom stereocenters. The Morgan fingerprint density at radius 3 is 1.94 bits per heavy atom. The Kier molecular flexibility index (Phi) is 5.04. The summed E-state index contributed by atoms with van der Waals surface area (Å²) in [5.41, 5.74) is 4.77. The molecule has 3 heteroatoms. The van der Waals surface area contributed by atoms with E-state index in [0.29, 0.717) is 23.6 Å². The van der Waals surface area contributed by atoms with Crippen LogP contribution in [-0.2, 0) is 10.8 Å². The molecule has 4 rings (SSSR count). The molecular weight excluding hydrogens is 382 g/mol. The molecule has 3 aromatic carbocycles. The molecule has 0 saturated carbocycles. The predicted octanol–water partition coefficient (Wildman–Crippen LogP) is 6.03. The molecule has 0 aliphatic heterocycles. The summed E-state index contributed by atoms with van der Waals surface area (Å²) in [5, 5.41) is 4.72. The van der Waals surface area contributed by atoms with Gasteiger partial charge < -0.3 is 5.32 Å². The smallest absolute Gasteiger partial charge is 0.251 e. The molecule has 0 spiro atoms. The molecular formula is C28H31NO2. The van der Waals surface area contributed by atoms with Crippen molar-refractivity contribution < 1.29 is 9.59 Å². The highest BCUT2D eigenvalue weighted by molar-refractivity contribution is 6.11. The second kappa shape index (κ2) is 7.33. The summed E-state index contributed by atoms with van der Waals surface area (Å²) < 4.78 is 0. The Morgan fingerprint density at radius 2 is 1.29 bits per heavy atom. The van der Waals surface area contributed by atoms with E-state index in [2.05, 4.69) is 52.1 Å². The summed E-state index contributed by atoms with van der Waals surface area (Å²) in [6.45, 7) is 14.0. The van der Waals surface area contributed by atoms with Gasteiger partial charge in [0.15, 0.2) is 5.78 Å². The number of ketones is 1. The van der Waals surface area contributed by atoms with Gasteiger partial charge in [-0.15, -0.1) is 0 Å². The van der Waals surface area contributed by atoms with Crippen LogP contribution in [-0.4, -0.2) is 18.2 Å². The third-order valence-corrected chi connectivity index (χ3v) is 7.54. The molecule has 0 aromatic heterocycles. The van der Waals surface area contributed by atoms with Crippen molar-refractivity contribution in [2.45, 2.75) is 52.4 Å². The largest absolute Gasteiger partial charge is 0.352 e. The number of benzene rings is 3. The van der Waals surface area contributed by atoms with Gasteiger partial charge in [-0.3, -0.25) is 9.59 Å². The molecule has 160 valence electrons. The van der Waals surface area contributed by atoms with Gasteiger partial charge in [0, 0.05) is 23.2 Å². The van der Waals surface area contributed by atoms with Crippen molar-refractivity contribution in [2.24, 2.45) is 5.92 Å². The summed E-state index contributed by atoms with van der Waals surface area (Å²) in [6, 6.07) is 17.5. The lowest BCUT2D eigenvalue weighted by molar-refractivity contribution is 0.0955. The van der Waals surface area contributed by atoms with Gasteiger partial charge in [0.05, 0.1) is 0 Å². The van der Waals surface area contributed by atoms with Gasteiger partial charge >= 0.3 is 0 Å². The van der Waals surface area contributed by atoms with E-state index >= 15 is 0 Å². The first-order chi connectivity index (χ1) is 14.6. The van der Waals surface area contributed by atoms with Crippen molar-refractivity contribution >= 4 is 22.5 Å². The second-order valence-corrected chi connectivity index (χ2v) is 9.89. The van der Waals surface area contributed by atoms with Gasteiger partial charge in [-0.2, -0.15) is 0 Å². The summed E-state index contributed by atoms with van der Waals surface area (Å²) >= 11 is 0. The lowest BCUT2D eigenvalue weighted by atomic mass is 9.71. The van der Waals surface area contributed by atoms with Crippen LogP contribution in [0.4, 0.5) is 0 Å². The standard InChI is InChI=1S/C28H31NO2/c1-7-29-26(31)22-11-9-18-14-20(10-8-19(18)15-22)25(30)21-12-13-23-24(16-21)28(5,6)17(2)27(23,3)4/h8-17H,7H2,1-6H3,(H,29,31). The second-order valence-electron chi connectivity index (χ2n) is 9.89. The quantitative estimate of drug-likeness (QED) is 0.531. The topological polar surface area (TPSA) is 46.2 Å². The fraction of sp³-hybridized carbons (Fsp3) is 0.357. The first-order valence-corrected chi connectivity index (χ1v) is 11.1. The summed E-state index contributed by atoms with van der Waals surface area (Å²) in [6.07, 6.45) is 0. The van der Waals surface area contributed by atoms with Crippen LogP contribution in [0.25, 0.3) is 10.8 Å². The Morgan fingerprint density at radius 1 is 0.774 bits per heavy atom. The number of hydrogen-bond donors (Lipinski definition) is 1. The normalized spacial score (nSPS) is 18.6. The molecule has 3 aromatic rings. The highest BCUT2D eigenvalue weighted by Crippen LogP contribution is 2.53.